The number of hydrogen-bond donors (Lipinski definition) is 1. The molecule has 0 aliphatic heterocycles. The number of amides is 1. The van der Waals surface area contributed by atoms with Crippen molar-refractivity contribution in [2.75, 3.05) is 14.1 Å². The molecular weight excluding hydrogens is 204 g/mol. The normalized spacial score (nSPS) is 25.9. The zero-order valence-electron chi connectivity index (χ0n) is 11.0. The maximum atomic E-state index is 11.5. The number of carbonyl (C=O) groups excluding carboxylic acids is 1. The van der Waals surface area contributed by atoms with Crippen molar-refractivity contribution in [3.8, 4) is 0 Å². The number of ether oxygens (including phenoxy) is 1. The van der Waals surface area contributed by atoms with Crippen molar-refractivity contribution in [1.29, 1.82) is 0 Å². The van der Waals surface area contributed by atoms with E-state index < -0.39 is 5.60 Å². The van der Waals surface area contributed by atoms with E-state index in [1.54, 1.807) is 0 Å². The highest BCUT2D eigenvalue weighted by atomic mass is 16.6. The van der Waals surface area contributed by atoms with Crippen LogP contribution >= 0.6 is 0 Å². The Morgan fingerprint density at radius 1 is 1.31 bits per heavy atom. The molecule has 1 aliphatic carbocycles. The molecule has 0 aromatic carbocycles. The molecule has 0 bridgehead atoms. The average molecular weight is 228 g/mol. The Morgan fingerprint density at radius 3 is 2.38 bits per heavy atom. The van der Waals surface area contributed by atoms with Crippen LogP contribution in [-0.2, 0) is 4.74 Å². The lowest BCUT2D eigenvalue weighted by atomic mass is 10.2. The van der Waals surface area contributed by atoms with Crippen LogP contribution in [0.5, 0.6) is 0 Å². The number of rotatable bonds is 2. The molecule has 1 saturated carbocycles. The van der Waals surface area contributed by atoms with Crippen molar-refractivity contribution < 1.29 is 9.53 Å². The van der Waals surface area contributed by atoms with Crippen LogP contribution in [0.3, 0.4) is 0 Å². The molecule has 2 atom stereocenters. The van der Waals surface area contributed by atoms with E-state index in [9.17, 15) is 4.79 Å². The Morgan fingerprint density at radius 2 is 1.94 bits per heavy atom. The molecule has 0 saturated heterocycles. The summed E-state index contributed by atoms with van der Waals surface area (Å²) in [5.74, 6) is 0. The highest BCUT2D eigenvalue weighted by Gasteiger charge is 2.28. The van der Waals surface area contributed by atoms with Crippen molar-refractivity contribution >= 4 is 6.09 Å². The van der Waals surface area contributed by atoms with Gasteiger partial charge in [-0.15, -0.1) is 0 Å². The lowest BCUT2D eigenvalue weighted by molar-refractivity contribution is 0.0504. The summed E-state index contributed by atoms with van der Waals surface area (Å²) in [4.78, 5) is 13.8. The molecule has 16 heavy (non-hydrogen) atoms. The Bertz CT molecular complexity index is 246. The molecule has 0 heterocycles. The molecule has 1 rings (SSSR count). The molecule has 1 fully saturated rings. The Hall–Kier alpha value is -0.770. The predicted molar refractivity (Wildman–Crippen MR) is 64.5 cm³/mol. The van der Waals surface area contributed by atoms with Gasteiger partial charge in [0.2, 0.25) is 0 Å². The maximum absolute atomic E-state index is 11.5. The van der Waals surface area contributed by atoms with E-state index in [-0.39, 0.29) is 12.1 Å². The van der Waals surface area contributed by atoms with Gasteiger partial charge in [0.05, 0.1) is 0 Å². The van der Waals surface area contributed by atoms with Crippen molar-refractivity contribution in [3.05, 3.63) is 0 Å². The summed E-state index contributed by atoms with van der Waals surface area (Å²) in [5.41, 5.74) is -0.413. The number of nitrogens with one attached hydrogen (secondary N) is 1. The molecule has 1 amide bonds. The van der Waals surface area contributed by atoms with Gasteiger partial charge in [-0.2, -0.15) is 0 Å². The molecule has 1 aliphatic rings. The maximum Gasteiger partial charge on any atom is 0.407 e. The molecule has 1 N–H and O–H groups in total. The van der Waals surface area contributed by atoms with Gasteiger partial charge in [-0.1, -0.05) is 0 Å². The molecule has 0 spiro atoms. The van der Waals surface area contributed by atoms with Gasteiger partial charge in [0, 0.05) is 12.1 Å². The second-order valence-electron chi connectivity index (χ2n) is 5.77. The van der Waals surface area contributed by atoms with Gasteiger partial charge in [-0.3, -0.25) is 0 Å². The van der Waals surface area contributed by atoms with E-state index in [0.29, 0.717) is 6.04 Å². The van der Waals surface area contributed by atoms with E-state index >= 15 is 0 Å². The summed E-state index contributed by atoms with van der Waals surface area (Å²) in [6, 6.07) is 0.849. The van der Waals surface area contributed by atoms with E-state index in [1.807, 2.05) is 20.8 Å². The Kier molecular flexibility index (Phi) is 4.19. The zero-order valence-corrected chi connectivity index (χ0v) is 11.0. The number of carbonyl (C=O) groups is 1. The summed E-state index contributed by atoms with van der Waals surface area (Å²) in [5, 5.41) is 2.93. The van der Waals surface area contributed by atoms with Gasteiger partial charge >= 0.3 is 6.09 Å². The van der Waals surface area contributed by atoms with Crippen LogP contribution in [0.25, 0.3) is 0 Å². The monoisotopic (exact) mass is 228 g/mol. The van der Waals surface area contributed by atoms with Crippen LogP contribution in [0.1, 0.15) is 40.0 Å². The zero-order chi connectivity index (χ0) is 12.3. The molecule has 0 aromatic heterocycles. The average Bonchev–Trinajstić information content (AvgIpc) is 2.48. The van der Waals surface area contributed by atoms with Gasteiger partial charge < -0.3 is 15.0 Å². The standard InChI is InChI=1S/C12H24N2O2/c1-12(2,3)16-11(15)13-9-6-7-10(8-9)14(4)5/h9-10H,6-8H2,1-5H3,(H,13,15)/t9-,10-/m0/s1. The summed E-state index contributed by atoms with van der Waals surface area (Å²) in [6.07, 6.45) is 2.92. The topological polar surface area (TPSA) is 41.6 Å². The summed E-state index contributed by atoms with van der Waals surface area (Å²) in [6.45, 7) is 5.64. The molecule has 4 nitrogen and oxygen atoms in total. The number of nitrogens with zero attached hydrogens (tertiary/aromatic N) is 1. The first-order valence-corrected chi connectivity index (χ1v) is 5.94. The minimum absolute atomic E-state index is 0.266. The smallest absolute Gasteiger partial charge is 0.407 e. The molecule has 4 heteroatoms. The van der Waals surface area contributed by atoms with Crippen LogP contribution in [0, 0.1) is 0 Å². The van der Waals surface area contributed by atoms with E-state index in [4.69, 9.17) is 4.74 Å². The SMILES string of the molecule is CN(C)[C@H]1CC[C@H](NC(=O)OC(C)(C)C)C1. The third-order valence-electron chi connectivity index (χ3n) is 2.86. The van der Waals surface area contributed by atoms with Crippen LogP contribution in [0.2, 0.25) is 0 Å². The highest BCUT2D eigenvalue weighted by Crippen LogP contribution is 2.22. The van der Waals surface area contributed by atoms with Crippen molar-refractivity contribution in [1.82, 2.24) is 10.2 Å². The third kappa shape index (κ3) is 4.39. The summed E-state index contributed by atoms with van der Waals surface area (Å²) in [7, 11) is 4.17. The van der Waals surface area contributed by atoms with Crippen molar-refractivity contribution in [2.24, 2.45) is 0 Å². The van der Waals surface area contributed by atoms with Crippen LogP contribution in [0.15, 0.2) is 0 Å². The third-order valence-corrected chi connectivity index (χ3v) is 2.86. The van der Waals surface area contributed by atoms with Crippen LogP contribution < -0.4 is 5.32 Å². The Labute approximate surface area is 98.3 Å². The fourth-order valence-electron chi connectivity index (χ4n) is 2.03. The van der Waals surface area contributed by atoms with Crippen LogP contribution in [-0.4, -0.2) is 42.8 Å². The molecule has 94 valence electrons. The van der Waals surface area contributed by atoms with Gasteiger partial charge in [0.1, 0.15) is 5.60 Å². The van der Waals surface area contributed by atoms with Crippen LogP contribution in [0.4, 0.5) is 4.79 Å². The van der Waals surface area contributed by atoms with Gasteiger partial charge in [-0.05, 0) is 54.1 Å². The largest absolute Gasteiger partial charge is 0.444 e. The van der Waals surface area contributed by atoms with Crippen molar-refractivity contribution in [2.45, 2.75) is 57.7 Å². The Balaban J connectivity index is 2.32. The lowest BCUT2D eigenvalue weighted by Crippen LogP contribution is -2.38. The first-order valence-electron chi connectivity index (χ1n) is 5.94. The van der Waals surface area contributed by atoms with Crippen molar-refractivity contribution in [3.63, 3.8) is 0 Å². The number of hydrogen-bond acceptors (Lipinski definition) is 3. The quantitative estimate of drug-likeness (QED) is 0.786. The summed E-state index contributed by atoms with van der Waals surface area (Å²) < 4.78 is 5.23. The second kappa shape index (κ2) is 5.04. The highest BCUT2D eigenvalue weighted by molar-refractivity contribution is 5.68. The van der Waals surface area contributed by atoms with Gasteiger partial charge in [-0.25, -0.2) is 4.79 Å². The lowest BCUT2D eigenvalue weighted by Gasteiger charge is -2.22. The van der Waals surface area contributed by atoms with Gasteiger partial charge in [0.25, 0.3) is 0 Å². The fraction of sp³-hybridized carbons (Fsp3) is 0.917. The van der Waals surface area contributed by atoms with E-state index in [0.717, 1.165) is 19.3 Å². The molecule has 0 unspecified atom stereocenters. The summed E-state index contributed by atoms with van der Waals surface area (Å²) >= 11 is 0. The fourth-order valence-corrected chi connectivity index (χ4v) is 2.03. The first kappa shape index (κ1) is 13.3. The molecule has 0 aromatic rings. The first-order chi connectivity index (χ1) is 7.28. The second-order valence-corrected chi connectivity index (χ2v) is 5.77. The number of alkyl carbamates (subject to hydrolysis) is 1. The predicted octanol–water partition coefficient (Wildman–Crippen LogP) is 1.99. The minimum Gasteiger partial charge on any atom is -0.444 e. The molecular formula is C12H24N2O2. The van der Waals surface area contributed by atoms with E-state index in [2.05, 4.69) is 24.3 Å². The molecule has 0 radical (unpaired) electrons. The van der Waals surface area contributed by atoms with E-state index in [1.165, 1.54) is 0 Å². The minimum atomic E-state index is -0.413. The van der Waals surface area contributed by atoms with Gasteiger partial charge in [0.15, 0.2) is 0 Å².